The number of aryl methyl sites for hydroxylation is 1. The molecule has 1 saturated carbocycles. The lowest BCUT2D eigenvalue weighted by molar-refractivity contribution is 0.00490. The number of carbonyl (C=O) groups excluding carboxylic acids is 2. The number of amides is 1. The molecule has 3 aromatic rings. The van der Waals surface area contributed by atoms with E-state index in [1.54, 1.807) is 0 Å². The molecule has 1 aliphatic carbocycles. The van der Waals surface area contributed by atoms with Crippen molar-refractivity contribution in [2.45, 2.75) is 104 Å². The average Bonchev–Trinajstić information content (AvgIpc) is 2.94. The van der Waals surface area contributed by atoms with Crippen molar-refractivity contribution in [2.75, 3.05) is 0 Å². The van der Waals surface area contributed by atoms with E-state index in [-0.39, 0.29) is 17.9 Å². The molecule has 4 nitrogen and oxygen atoms in total. The van der Waals surface area contributed by atoms with Crippen molar-refractivity contribution in [1.82, 2.24) is 4.90 Å². The molecule has 218 valence electrons. The fraction of sp³-hybridized carbons (Fsp3) is 0.459. The van der Waals surface area contributed by atoms with Gasteiger partial charge in [0.05, 0.1) is 0 Å². The van der Waals surface area contributed by atoms with Crippen LogP contribution >= 0.6 is 0 Å². The average molecular weight is 554 g/mol. The summed E-state index contributed by atoms with van der Waals surface area (Å²) in [6.07, 6.45) is 7.44. The highest BCUT2D eigenvalue weighted by Crippen LogP contribution is 2.38. The van der Waals surface area contributed by atoms with Crippen LogP contribution in [0.2, 0.25) is 0 Å². The van der Waals surface area contributed by atoms with Crippen LogP contribution < -0.4 is 0 Å². The highest BCUT2D eigenvalue weighted by Gasteiger charge is 2.34. The Bertz CT molecular complexity index is 1280. The Morgan fingerprint density at radius 2 is 1.51 bits per heavy atom. The minimum atomic E-state index is -0.530. The molecule has 0 atom stereocenters. The Balaban J connectivity index is 1.39. The summed E-state index contributed by atoms with van der Waals surface area (Å²) in [6.45, 7) is 10.9. The molecule has 41 heavy (non-hydrogen) atoms. The molecule has 0 radical (unpaired) electrons. The predicted octanol–water partition coefficient (Wildman–Crippen LogP) is 9.66. The standard InChI is InChI=1S/C37H47NO3/c1-36(2,3)41-35(40)38(33-22-24-37(4,5)25-23-33)27-29-18-20-30(21-19-29)31-15-11-16-32(26-31)34(39)17-10-9-14-28-12-7-6-8-13-28/h6-8,11-13,15-16,18-21,26,33H,9-10,14,17,22-25,27H2,1-5H3. The van der Waals surface area contributed by atoms with Gasteiger partial charge < -0.3 is 9.64 Å². The highest BCUT2D eigenvalue weighted by molar-refractivity contribution is 5.97. The highest BCUT2D eigenvalue weighted by atomic mass is 16.6. The van der Waals surface area contributed by atoms with Gasteiger partial charge in [-0.25, -0.2) is 4.79 Å². The van der Waals surface area contributed by atoms with Gasteiger partial charge in [-0.15, -0.1) is 0 Å². The number of ether oxygens (including phenoxy) is 1. The van der Waals surface area contributed by atoms with E-state index >= 15 is 0 Å². The predicted molar refractivity (Wildman–Crippen MR) is 168 cm³/mol. The maximum absolute atomic E-state index is 13.3. The van der Waals surface area contributed by atoms with E-state index in [4.69, 9.17) is 4.74 Å². The number of hydrogen-bond acceptors (Lipinski definition) is 3. The second-order valence-corrected chi connectivity index (χ2v) is 13.4. The van der Waals surface area contributed by atoms with Gasteiger partial charge in [0.15, 0.2) is 5.78 Å². The van der Waals surface area contributed by atoms with Crippen LogP contribution in [0.1, 0.15) is 101 Å². The molecule has 0 N–H and O–H groups in total. The number of ketones is 1. The lowest BCUT2D eigenvalue weighted by Gasteiger charge is -2.40. The first kappa shape index (κ1) is 30.6. The second kappa shape index (κ2) is 13.5. The molecular formula is C37H47NO3. The van der Waals surface area contributed by atoms with E-state index in [1.165, 1.54) is 5.56 Å². The molecule has 0 bridgehead atoms. The number of carbonyl (C=O) groups is 2. The van der Waals surface area contributed by atoms with Gasteiger partial charge in [-0.2, -0.15) is 0 Å². The number of nitrogens with zero attached hydrogens (tertiary/aromatic N) is 1. The summed E-state index contributed by atoms with van der Waals surface area (Å²) < 4.78 is 5.82. The normalized spacial score (nSPS) is 15.3. The summed E-state index contributed by atoms with van der Waals surface area (Å²) in [5.41, 5.74) is 5.06. The van der Waals surface area contributed by atoms with Gasteiger partial charge >= 0.3 is 6.09 Å². The molecule has 0 unspecified atom stereocenters. The number of benzene rings is 3. The lowest BCUT2D eigenvalue weighted by atomic mass is 9.75. The first-order valence-corrected chi connectivity index (χ1v) is 15.3. The van der Waals surface area contributed by atoms with Crippen LogP contribution in [0.15, 0.2) is 78.9 Å². The van der Waals surface area contributed by atoms with Crippen molar-refractivity contribution >= 4 is 11.9 Å². The zero-order chi connectivity index (χ0) is 29.5. The summed E-state index contributed by atoms with van der Waals surface area (Å²) in [7, 11) is 0. The first-order chi connectivity index (χ1) is 19.5. The number of Topliss-reactive ketones (excluding diaryl/α,β-unsaturated/α-hetero) is 1. The Morgan fingerprint density at radius 3 is 2.17 bits per heavy atom. The molecule has 1 fully saturated rings. The number of rotatable bonds is 10. The van der Waals surface area contributed by atoms with Gasteiger partial charge in [-0.1, -0.05) is 86.6 Å². The third-order valence-corrected chi connectivity index (χ3v) is 8.16. The monoisotopic (exact) mass is 553 g/mol. The van der Waals surface area contributed by atoms with Gasteiger partial charge in [0.1, 0.15) is 5.60 Å². The third kappa shape index (κ3) is 9.31. The molecule has 1 amide bonds. The Kier molecular flexibility index (Phi) is 10.1. The van der Waals surface area contributed by atoms with Crippen molar-refractivity contribution in [1.29, 1.82) is 0 Å². The molecule has 4 heteroatoms. The van der Waals surface area contributed by atoms with Crippen molar-refractivity contribution < 1.29 is 14.3 Å². The van der Waals surface area contributed by atoms with Crippen LogP contribution in [0.4, 0.5) is 4.79 Å². The molecular weight excluding hydrogens is 506 g/mol. The summed E-state index contributed by atoms with van der Waals surface area (Å²) in [5, 5.41) is 0. The van der Waals surface area contributed by atoms with Crippen LogP contribution in [0.5, 0.6) is 0 Å². The smallest absolute Gasteiger partial charge is 0.410 e. The van der Waals surface area contributed by atoms with Crippen LogP contribution in [0.25, 0.3) is 11.1 Å². The van der Waals surface area contributed by atoms with Crippen molar-refractivity contribution in [2.24, 2.45) is 5.41 Å². The topological polar surface area (TPSA) is 46.6 Å². The molecule has 1 aliphatic rings. The van der Waals surface area contributed by atoms with E-state index in [1.807, 2.05) is 49.9 Å². The van der Waals surface area contributed by atoms with Crippen LogP contribution in [0, 0.1) is 5.41 Å². The maximum Gasteiger partial charge on any atom is 0.410 e. The minimum Gasteiger partial charge on any atom is -0.444 e. The van der Waals surface area contributed by atoms with Crippen molar-refractivity contribution in [3.63, 3.8) is 0 Å². The summed E-state index contributed by atoms with van der Waals surface area (Å²) >= 11 is 0. The summed E-state index contributed by atoms with van der Waals surface area (Å²) in [5.74, 6) is 0.195. The van der Waals surface area contributed by atoms with E-state index in [2.05, 4.69) is 68.4 Å². The maximum atomic E-state index is 13.3. The summed E-state index contributed by atoms with van der Waals surface area (Å²) in [6, 6.07) is 26.9. The molecule has 0 aliphatic heterocycles. The molecule has 3 aromatic carbocycles. The number of unbranched alkanes of at least 4 members (excludes halogenated alkanes) is 1. The second-order valence-electron chi connectivity index (χ2n) is 13.4. The fourth-order valence-electron chi connectivity index (χ4n) is 5.63. The van der Waals surface area contributed by atoms with E-state index in [0.29, 0.717) is 18.4 Å². The molecule has 0 aromatic heterocycles. The minimum absolute atomic E-state index is 0.188. The van der Waals surface area contributed by atoms with E-state index < -0.39 is 5.60 Å². The van der Waals surface area contributed by atoms with Crippen LogP contribution in [-0.2, 0) is 17.7 Å². The van der Waals surface area contributed by atoms with Crippen molar-refractivity contribution in [3.8, 4) is 11.1 Å². The van der Waals surface area contributed by atoms with Gasteiger partial charge in [0, 0.05) is 24.6 Å². The lowest BCUT2D eigenvalue weighted by Crippen LogP contribution is -2.45. The Hall–Kier alpha value is -3.40. The van der Waals surface area contributed by atoms with Gasteiger partial charge in [0.25, 0.3) is 0 Å². The van der Waals surface area contributed by atoms with E-state index in [9.17, 15) is 9.59 Å². The van der Waals surface area contributed by atoms with Crippen LogP contribution in [0.3, 0.4) is 0 Å². The van der Waals surface area contributed by atoms with Gasteiger partial charge in [-0.05, 0) is 99.5 Å². The first-order valence-electron chi connectivity index (χ1n) is 15.3. The van der Waals surface area contributed by atoms with Gasteiger partial charge in [0.2, 0.25) is 0 Å². The van der Waals surface area contributed by atoms with Crippen molar-refractivity contribution in [3.05, 3.63) is 95.6 Å². The molecule has 4 rings (SSSR count). The zero-order valence-electron chi connectivity index (χ0n) is 25.6. The SMILES string of the molecule is CC1(C)CCC(N(Cc2ccc(-c3cccc(C(=O)CCCCc4ccccc4)c3)cc2)C(=O)OC(C)(C)C)CC1. The fourth-order valence-corrected chi connectivity index (χ4v) is 5.63. The quantitative estimate of drug-likeness (QED) is 0.185. The largest absolute Gasteiger partial charge is 0.444 e. The Labute approximate surface area is 247 Å². The van der Waals surface area contributed by atoms with Gasteiger partial charge in [-0.3, -0.25) is 4.79 Å². The molecule has 0 spiro atoms. The molecule has 0 saturated heterocycles. The van der Waals surface area contributed by atoms with Crippen LogP contribution in [-0.4, -0.2) is 28.4 Å². The zero-order valence-corrected chi connectivity index (χ0v) is 25.6. The summed E-state index contributed by atoms with van der Waals surface area (Å²) in [4.78, 5) is 28.1. The third-order valence-electron chi connectivity index (χ3n) is 8.16. The number of hydrogen-bond donors (Lipinski definition) is 0. The molecule has 0 heterocycles. The van der Waals surface area contributed by atoms with E-state index in [0.717, 1.165) is 67.2 Å². The Morgan fingerprint density at radius 1 is 0.829 bits per heavy atom.